The van der Waals surface area contributed by atoms with E-state index >= 15 is 0 Å². The predicted molar refractivity (Wildman–Crippen MR) is 111 cm³/mol. The number of fused-ring (bicyclic) bond motifs is 2. The van der Waals surface area contributed by atoms with Gasteiger partial charge in [0.05, 0.1) is 11.1 Å². The van der Waals surface area contributed by atoms with Gasteiger partial charge in [-0.2, -0.15) is 0 Å². The number of anilines is 1. The van der Waals surface area contributed by atoms with Crippen molar-refractivity contribution in [2.75, 3.05) is 17.9 Å². The number of thioether (sulfide) groups is 1. The summed E-state index contributed by atoms with van der Waals surface area (Å²) in [5, 5.41) is 4.07. The topological polar surface area (TPSA) is 82.5 Å². The van der Waals surface area contributed by atoms with Gasteiger partial charge in [-0.1, -0.05) is 11.8 Å². The lowest BCUT2D eigenvalue weighted by molar-refractivity contribution is -0.113. The molecule has 0 unspecified atom stereocenters. The molecule has 0 fully saturated rings. The zero-order valence-corrected chi connectivity index (χ0v) is 17.3. The third-order valence-corrected chi connectivity index (χ3v) is 6.64. The smallest absolute Gasteiger partial charge is 0.263 e. The fourth-order valence-electron chi connectivity index (χ4n) is 3.00. The highest BCUT2D eigenvalue weighted by molar-refractivity contribution is 7.99. The lowest BCUT2D eigenvalue weighted by Crippen LogP contribution is -2.23. The molecule has 9 heteroatoms. The van der Waals surface area contributed by atoms with Crippen LogP contribution in [0.15, 0.2) is 28.2 Å². The molecule has 0 saturated carbocycles. The summed E-state index contributed by atoms with van der Waals surface area (Å²) < 4.78 is 12.2. The average Bonchev–Trinajstić information content (AvgIpc) is 3.24. The SMILES string of the molecule is CCn1c(SCC(=O)Nc2ccc3c(c2)OCO3)nc2sc(C)c(C)c2c1=O. The molecule has 1 N–H and O–H groups in total. The molecule has 0 spiro atoms. The molecule has 28 heavy (non-hydrogen) atoms. The second-order valence-corrected chi connectivity index (χ2v) is 8.46. The summed E-state index contributed by atoms with van der Waals surface area (Å²) >= 11 is 2.77. The lowest BCUT2D eigenvalue weighted by Gasteiger charge is -2.10. The molecule has 4 rings (SSSR count). The highest BCUT2D eigenvalue weighted by Crippen LogP contribution is 2.34. The normalized spacial score (nSPS) is 12.5. The molecule has 0 radical (unpaired) electrons. The molecule has 1 aromatic carbocycles. The number of benzene rings is 1. The van der Waals surface area contributed by atoms with Gasteiger partial charge >= 0.3 is 0 Å². The minimum absolute atomic E-state index is 0.0481. The fourth-order valence-corrected chi connectivity index (χ4v) is 4.93. The average molecular weight is 418 g/mol. The van der Waals surface area contributed by atoms with Gasteiger partial charge in [-0.25, -0.2) is 4.98 Å². The van der Waals surface area contributed by atoms with Crippen molar-refractivity contribution in [1.82, 2.24) is 9.55 Å². The standard InChI is InChI=1S/C19H19N3O4S2/c1-4-22-18(24)16-10(2)11(3)28-17(16)21-19(22)27-8-15(23)20-12-5-6-13-14(7-12)26-9-25-13/h5-7H,4,8-9H2,1-3H3,(H,20,23). The minimum Gasteiger partial charge on any atom is -0.454 e. The Bertz CT molecular complexity index is 1140. The first-order valence-corrected chi connectivity index (χ1v) is 10.6. The number of carbonyl (C=O) groups excluding carboxylic acids is 1. The molecule has 0 atom stereocenters. The monoisotopic (exact) mass is 417 g/mol. The van der Waals surface area contributed by atoms with Crippen LogP contribution in [0.3, 0.4) is 0 Å². The van der Waals surface area contributed by atoms with Crippen LogP contribution in [0, 0.1) is 13.8 Å². The van der Waals surface area contributed by atoms with E-state index in [1.54, 1.807) is 22.8 Å². The Balaban J connectivity index is 1.52. The Morgan fingerprint density at radius 3 is 2.89 bits per heavy atom. The van der Waals surface area contributed by atoms with Gasteiger partial charge in [0.15, 0.2) is 16.7 Å². The number of nitrogens with one attached hydrogen (secondary N) is 1. The summed E-state index contributed by atoms with van der Waals surface area (Å²) in [5.74, 6) is 1.24. The van der Waals surface area contributed by atoms with E-state index in [2.05, 4.69) is 10.3 Å². The van der Waals surface area contributed by atoms with E-state index in [1.165, 1.54) is 23.1 Å². The van der Waals surface area contributed by atoms with Crippen molar-refractivity contribution in [1.29, 1.82) is 0 Å². The highest BCUT2D eigenvalue weighted by atomic mass is 32.2. The van der Waals surface area contributed by atoms with Crippen LogP contribution in [0.25, 0.3) is 10.2 Å². The number of carbonyl (C=O) groups is 1. The van der Waals surface area contributed by atoms with E-state index < -0.39 is 0 Å². The number of amides is 1. The quantitative estimate of drug-likeness (QED) is 0.505. The van der Waals surface area contributed by atoms with Crippen molar-refractivity contribution < 1.29 is 14.3 Å². The first-order valence-electron chi connectivity index (χ1n) is 8.80. The molecule has 0 aliphatic carbocycles. The number of thiophene rings is 1. The van der Waals surface area contributed by atoms with Gasteiger partial charge in [-0.15, -0.1) is 11.3 Å². The van der Waals surface area contributed by atoms with Crippen LogP contribution in [0.4, 0.5) is 5.69 Å². The van der Waals surface area contributed by atoms with E-state index in [0.29, 0.717) is 34.3 Å². The summed E-state index contributed by atoms with van der Waals surface area (Å²) in [5.41, 5.74) is 1.57. The van der Waals surface area contributed by atoms with Crippen molar-refractivity contribution in [3.05, 3.63) is 39.0 Å². The molecule has 2 aromatic heterocycles. The molecule has 1 aliphatic rings. The Morgan fingerprint density at radius 1 is 1.32 bits per heavy atom. The van der Waals surface area contributed by atoms with Gasteiger partial charge in [0.2, 0.25) is 12.7 Å². The fraction of sp³-hybridized carbons (Fsp3) is 0.316. The van der Waals surface area contributed by atoms with Crippen LogP contribution < -0.4 is 20.3 Å². The molecule has 146 valence electrons. The molecule has 1 aliphatic heterocycles. The number of hydrogen-bond donors (Lipinski definition) is 1. The van der Waals surface area contributed by atoms with E-state index in [9.17, 15) is 9.59 Å². The maximum atomic E-state index is 12.8. The van der Waals surface area contributed by atoms with Crippen LogP contribution in [0.2, 0.25) is 0 Å². The van der Waals surface area contributed by atoms with Gasteiger partial charge in [0.1, 0.15) is 4.83 Å². The zero-order valence-electron chi connectivity index (χ0n) is 15.7. The van der Waals surface area contributed by atoms with E-state index in [1.807, 2.05) is 20.8 Å². The first kappa shape index (κ1) is 18.8. The van der Waals surface area contributed by atoms with Gasteiger partial charge < -0.3 is 14.8 Å². The maximum Gasteiger partial charge on any atom is 0.263 e. The lowest BCUT2D eigenvalue weighted by atomic mass is 10.2. The van der Waals surface area contributed by atoms with Crippen LogP contribution in [0.5, 0.6) is 11.5 Å². The number of nitrogens with zero attached hydrogens (tertiary/aromatic N) is 2. The maximum absolute atomic E-state index is 12.8. The van der Waals surface area contributed by atoms with E-state index in [4.69, 9.17) is 9.47 Å². The second kappa shape index (κ2) is 7.48. The van der Waals surface area contributed by atoms with Crippen LogP contribution in [-0.2, 0) is 11.3 Å². The molecule has 3 aromatic rings. The van der Waals surface area contributed by atoms with Crippen molar-refractivity contribution in [2.45, 2.75) is 32.5 Å². The largest absolute Gasteiger partial charge is 0.454 e. The van der Waals surface area contributed by atoms with Crippen LogP contribution >= 0.6 is 23.1 Å². The highest BCUT2D eigenvalue weighted by Gasteiger charge is 2.18. The Hall–Kier alpha value is -2.52. The summed E-state index contributed by atoms with van der Waals surface area (Å²) in [7, 11) is 0. The van der Waals surface area contributed by atoms with E-state index in [-0.39, 0.29) is 24.0 Å². The molecular formula is C19H19N3O4S2. The van der Waals surface area contributed by atoms with Crippen molar-refractivity contribution in [3.8, 4) is 11.5 Å². The van der Waals surface area contributed by atoms with Crippen LogP contribution in [-0.4, -0.2) is 28.0 Å². The Morgan fingerprint density at radius 2 is 2.11 bits per heavy atom. The molecular weight excluding hydrogens is 398 g/mol. The third kappa shape index (κ3) is 3.35. The summed E-state index contributed by atoms with van der Waals surface area (Å²) in [4.78, 5) is 31.7. The van der Waals surface area contributed by atoms with Gasteiger partial charge in [0, 0.05) is 23.2 Å². The Labute approximate surface area is 169 Å². The summed E-state index contributed by atoms with van der Waals surface area (Å²) in [6, 6.07) is 5.25. The number of ether oxygens (including phenoxy) is 2. The third-order valence-electron chi connectivity index (χ3n) is 4.56. The number of hydrogen-bond acceptors (Lipinski definition) is 7. The summed E-state index contributed by atoms with van der Waals surface area (Å²) in [6.45, 7) is 6.53. The van der Waals surface area contributed by atoms with Crippen LogP contribution in [0.1, 0.15) is 17.4 Å². The van der Waals surface area contributed by atoms with Crippen molar-refractivity contribution in [2.24, 2.45) is 0 Å². The molecule has 1 amide bonds. The molecule has 0 bridgehead atoms. The van der Waals surface area contributed by atoms with Crippen molar-refractivity contribution >= 4 is 44.9 Å². The Kier molecular flexibility index (Phi) is 5.03. The van der Waals surface area contributed by atoms with Gasteiger partial charge in [0.25, 0.3) is 5.56 Å². The molecule has 0 saturated heterocycles. The predicted octanol–water partition coefficient (Wildman–Crippen LogP) is 3.55. The van der Waals surface area contributed by atoms with E-state index in [0.717, 1.165) is 15.3 Å². The molecule has 3 heterocycles. The zero-order chi connectivity index (χ0) is 19.8. The minimum atomic E-state index is -0.181. The van der Waals surface area contributed by atoms with Gasteiger partial charge in [-0.05, 0) is 38.5 Å². The number of aryl methyl sites for hydroxylation is 2. The number of rotatable bonds is 5. The number of aromatic nitrogens is 2. The van der Waals surface area contributed by atoms with Crippen molar-refractivity contribution in [3.63, 3.8) is 0 Å². The van der Waals surface area contributed by atoms with Gasteiger partial charge in [-0.3, -0.25) is 14.2 Å². The summed E-state index contributed by atoms with van der Waals surface area (Å²) in [6.07, 6.45) is 0. The molecule has 7 nitrogen and oxygen atoms in total. The second-order valence-electron chi connectivity index (χ2n) is 6.31. The first-order chi connectivity index (χ1) is 13.5.